The van der Waals surface area contributed by atoms with Gasteiger partial charge in [-0.15, -0.1) is 4.91 Å². The Hall–Kier alpha value is -4.73. The Bertz CT molecular complexity index is 1450. The van der Waals surface area contributed by atoms with Crippen molar-refractivity contribution in [3.05, 3.63) is 71.1 Å². The van der Waals surface area contributed by atoms with Gasteiger partial charge in [-0.3, -0.25) is 4.79 Å². The van der Waals surface area contributed by atoms with Crippen LogP contribution in [0.3, 0.4) is 0 Å². The van der Waals surface area contributed by atoms with Crippen LogP contribution < -0.4 is 26.7 Å². The second-order valence-corrected chi connectivity index (χ2v) is 8.16. The van der Waals surface area contributed by atoms with Crippen LogP contribution in [0.4, 0.5) is 16.2 Å². The highest BCUT2D eigenvalue weighted by Crippen LogP contribution is 2.33. The topological polar surface area (TPSA) is 147 Å². The van der Waals surface area contributed by atoms with E-state index in [1.165, 1.54) is 7.05 Å². The lowest BCUT2D eigenvalue weighted by molar-refractivity contribution is -0.632. The summed E-state index contributed by atoms with van der Waals surface area (Å²) in [7, 11) is 3.22. The minimum atomic E-state index is -0.642. The van der Waals surface area contributed by atoms with Crippen LogP contribution in [0.5, 0.6) is 0 Å². The molecule has 4 aromatic rings. The Kier molecular flexibility index (Phi) is 6.45. The fourth-order valence-corrected chi connectivity index (χ4v) is 4.08. The number of nitroso groups, excluding NO2 is 1. The van der Waals surface area contributed by atoms with Gasteiger partial charge >= 0.3 is 6.03 Å². The highest BCUT2D eigenvalue weighted by Gasteiger charge is 2.21. The van der Waals surface area contributed by atoms with Gasteiger partial charge in [-0.25, -0.2) is 4.79 Å². The molecule has 10 heteroatoms. The zero-order valence-electron chi connectivity index (χ0n) is 19.4. The van der Waals surface area contributed by atoms with Gasteiger partial charge in [-0.05, 0) is 48.5 Å². The lowest BCUT2D eigenvalue weighted by Crippen LogP contribution is -2.39. The molecule has 0 aliphatic rings. The molecule has 0 saturated carbocycles. The first-order chi connectivity index (χ1) is 16.8. The zero-order valence-corrected chi connectivity index (χ0v) is 19.4. The van der Waals surface area contributed by atoms with Crippen LogP contribution in [0.2, 0.25) is 0 Å². The second kappa shape index (κ2) is 9.64. The van der Waals surface area contributed by atoms with Crippen LogP contribution in [0.25, 0.3) is 32.9 Å². The number of pyridine rings is 1. The maximum Gasteiger partial charge on any atom is 0.340 e. The Morgan fingerprint density at radius 3 is 2.20 bits per heavy atom. The predicted octanol–water partition coefficient (Wildman–Crippen LogP) is 2.70. The maximum atomic E-state index is 12.5. The van der Waals surface area contributed by atoms with Crippen LogP contribution >= 0.6 is 0 Å². The molecule has 1 aromatic heterocycles. The molecule has 4 rings (SSSR count). The van der Waals surface area contributed by atoms with Crippen molar-refractivity contribution in [2.45, 2.75) is 0 Å². The summed E-state index contributed by atoms with van der Waals surface area (Å²) in [5, 5.41) is 11.5. The van der Waals surface area contributed by atoms with E-state index in [-0.39, 0.29) is 19.0 Å². The Labute approximate surface area is 201 Å². The zero-order chi connectivity index (χ0) is 25.1. The molecule has 0 fully saturated rings. The molecule has 3 amide bonds. The number of nitrogens with zero attached hydrogens (tertiary/aromatic N) is 3. The van der Waals surface area contributed by atoms with Crippen LogP contribution in [-0.2, 0) is 7.05 Å². The minimum Gasteiger partial charge on any atom is -0.399 e. The van der Waals surface area contributed by atoms with Crippen molar-refractivity contribution in [2.75, 3.05) is 31.6 Å². The average molecular weight is 473 g/mol. The summed E-state index contributed by atoms with van der Waals surface area (Å²) in [6, 6.07) is 18.3. The minimum absolute atomic E-state index is 0.159. The average Bonchev–Trinajstić information content (AvgIpc) is 2.86. The van der Waals surface area contributed by atoms with Crippen LogP contribution in [0.1, 0.15) is 10.4 Å². The number of benzene rings is 3. The molecule has 0 spiro atoms. The number of nitrogen functional groups attached to an aromatic ring is 2. The molecule has 35 heavy (non-hydrogen) atoms. The van der Waals surface area contributed by atoms with Gasteiger partial charge in [-0.2, -0.15) is 9.58 Å². The van der Waals surface area contributed by atoms with Crippen molar-refractivity contribution in [2.24, 2.45) is 12.3 Å². The van der Waals surface area contributed by atoms with Crippen molar-refractivity contribution in [1.82, 2.24) is 15.6 Å². The number of amides is 3. The normalized spacial score (nSPS) is 10.8. The van der Waals surface area contributed by atoms with E-state index in [0.717, 1.165) is 32.9 Å². The van der Waals surface area contributed by atoms with Crippen molar-refractivity contribution in [3.63, 3.8) is 0 Å². The van der Waals surface area contributed by atoms with E-state index >= 15 is 0 Å². The fraction of sp³-hybridized carbons (Fsp3) is 0.160. The molecule has 0 saturated heterocycles. The molecular formula is C25H26N7O3+. The molecule has 178 valence electrons. The number of carbonyl (C=O) groups is 2. The van der Waals surface area contributed by atoms with Crippen molar-refractivity contribution < 1.29 is 14.2 Å². The number of carbonyl (C=O) groups excluding carboxylic acids is 2. The third kappa shape index (κ3) is 4.67. The molecule has 6 N–H and O–H groups in total. The number of rotatable bonds is 6. The predicted molar refractivity (Wildman–Crippen MR) is 136 cm³/mol. The van der Waals surface area contributed by atoms with Crippen LogP contribution in [-0.4, -0.2) is 37.1 Å². The number of urea groups is 1. The number of hydrogen-bond donors (Lipinski definition) is 4. The number of aromatic nitrogens is 1. The van der Waals surface area contributed by atoms with Gasteiger partial charge in [-0.1, -0.05) is 6.07 Å². The number of nitrogens with one attached hydrogen (secondary N) is 2. The van der Waals surface area contributed by atoms with Crippen LogP contribution in [0, 0.1) is 4.91 Å². The lowest BCUT2D eigenvalue weighted by Gasteiger charge is -2.12. The lowest BCUT2D eigenvalue weighted by atomic mass is 9.98. The summed E-state index contributed by atoms with van der Waals surface area (Å²) in [6.07, 6.45) is 0. The van der Waals surface area contributed by atoms with Gasteiger partial charge in [0.1, 0.15) is 7.05 Å². The van der Waals surface area contributed by atoms with E-state index in [4.69, 9.17) is 11.5 Å². The number of nitrogens with two attached hydrogens (primary N) is 2. The third-order valence-corrected chi connectivity index (χ3v) is 5.83. The highest BCUT2D eigenvalue weighted by molar-refractivity contribution is 6.10. The first-order valence-corrected chi connectivity index (χ1v) is 10.9. The Balaban J connectivity index is 1.61. The van der Waals surface area contributed by atoms with Gasteiger partial charge in [0.25, 0.3) is 5.91 Å². The molecule has 0 atom stereocenters. The van der Waals surface area contributed by atoms with Gasteiger partial charge in [0.05, 0.1) is 16.1 Å². The van der Waals surface area contributed by atoms with E-state index in [1.807, 2.05) is 55.6 Å². The van der Waals surface area contributed by atoms with Gasteiger partial charge in [0.2, 0.25) is 11.2 Å². The van der Waals surface area contributed by atoms with E-state index in [9.17, 15) is 14.5 Å². The van der Waals surface area contributed by atoms with Gasteiger partial charge in [0, 0.05) is 54.1 Å². The van der Waals surface area contributed by atoms with Crippen molar-refractivity contribution in [1.29, 1.82) is 0 Å². The van der Waals surface area contributed by atoms with Crippen LogP contribution in [0.15, 0.2) is 65.9 Å². The first-order valence-electron chi connectivity index (χ1n) is 10.9. The summed E-state index contributed by atoms with van der Waals surface area (Å²) >= 11 is 0. The molecule has 0 aliphatic carbocycles. The monoisotopic (exact) mass is 472 g/mol. The standard InChI is InChI=1S/C25H25N7O3/c1-31-22-14-18(27)8-10-20(22)19-9-7-17(26)13-21(19)23(31)15-3-5-16(6-4-15)24(33)28-11-12-29-25(34)32(2)30-35/h3-10,13-14,27H,11-12H2,1-2H3,(H4,26,28,29,33,34)/p+1. The summed E-state index contributed by atoms with van der Waals surface area (Å²) in [6.45, 7) is 0.357. The molecular weight excluding hydrogens is 446 g/mol. The fourth-order valence-electron chi connectivity index (χ4n) is 4.08. The van der Waals surface area contributed by atoms with E-state index in [2.05, 4.69) is 20.5 Å². The SMILES string of the molecule is CN(N=O)C(=O)NCCNC(=O)c1ccc(-c2c3cc(N)ccc3c3ccc(N)cc3[n+]2C)cc1. The molecule has 0 bridgehead atoms. The number of aryl methyl sites for hydroxylation is 1. The highest BCUT2D eigenvalue weighted by atomic mass is 16.3. The summed E-state index contributed by atoms with van der Waals surface area (Å²) in [5.74, 6) is -0.280. The van der Waals surface area contributed by atoms with E-state index in [0.29, 0.717) is 21.9 Å². The molecule has 0 radical (unpaired) electrons. The maximum absolute atomic E-state index is 12.5. The quantitative estimate of drug-likeness (QED) is 0.0851. The Morgan fingerprint density at radius 2 is 1.51 bits per heavy atom. The summed E-state index contributed by atoms with van der Waals surface area (Å²) < 4.78 is 2.08. The number of anilines is 2. The second-order valence-electron chi connectivity index (χ2n) is 8.16. The Morgan fingerprint density at radius 1 is 0.886 bits per heavy atom. The molecule has 0 aliphatic heterocycles. The third-order valence-electron chi connectivity index (χ3n) is 5.83. The molecule has 3 aromatic carbocycles. The molecule has 1 heterocycles. The van der Waals surface area contributed by atoms with Crippen molar-refractivity contribution in [3.8, 4) is 11.3 Å². The first kappa shape index (κ1) is 23.4. The van der Waals surface area contributed by atoms with Gasteiger partial charge < -0.3 is 22.1 Å². The van der Waals surface area contributed by atoms with Crippen molar-refractivity contribution >= 4 is 45.0 Å². The van der Waals surface area contributed by atoms with E-state index < -0.39 is 6.03 Å². The smallest absolute Gasteiger partial charge is 0.340 e. The largest absolute Gasteiger partial charge is 0.399 e. The van der Waals surface area contributed by atoms with Gasteiger partial charge in [0.15, 0.2) is 0 Å². The van der Waals surface area contributed by atoms with E-state index in [1.54, 1.807) is 12.1 Å². The number of hydrogen-bond acceptors (Lipinski definition) is 6. The molecule has 10 nitrogen and oxygen atoms in total. The summed E-state index contributed by atoms with van der Waals surface area (Å²) in [5.41, 5.74) is 16.9. The summed E-state index contributed by atoms with van der Waals surface area (Å²) in [4.78, 5) is 34.3. The molecule has 0 unspecified atom stereocenters. The number of fused-ring (bicyclic) bond motifs is 3.